The van der Waals surface area contributed by atoms with E-state index in [1.54, 1.807) is 18.2 Å². The van der Waals surface area contributed by atoms with Gasteiger partial charge in [0, 0.05) is 12.5 Å². The first-order chi connectivity index (χ1) is 11.4. The number of nitro groups is 1. The summed E-state index contributed by atoms with van der Waals surface area (Å²) in [6.45, 7) is 0. The summed E-state index contributed by atoms with van der Waals surface area (Å²) in [5, 5.41) is 41.2. The van der Waals surface area contributed by atoms with Crippen LogP contribution in [-0.4, -0.2) is 27.1 Å². The molecule has 0 radical (unpaired) electrons. The molecule has 0 aromatic heterocycles. The number of anilines is 1. The Hall–Kier alpha value is -3.60. The molecule has 0 aliphatic rings. The molecule has 0 saturated heterocycles. The number of nitrogens with one attached hydrogen (secondary N) is 1. The predicted molar refractivity (Wildman–Crippen MR) is 84.7 cm³/mol. The molecule has 0 aliphatic heterocycles. The van der Waals surface area contributed by atoms with Crippen LogP contribution in [-0.2, 0) is 11.2 Å². The summed E-state index contributed by atoms with van der Waals surface area (Å²) in [5.74, 6) is -1.12. The van der Waals surface area contributed by atoms with E-state index in [2.05, 4.69) is 5.32 Å². The van der Waals surface area contributed by atoms with Crippen LogP contribution >= 0.6 is 0 Å². The molecule has 0 heterocycles. The fraction of sp³-hybridized carbons (Fsp3) is 0.125. The molecular weight excluding hydrogens is 314 g/mol. The third-order valence-corrected chi connectivity index (χ3v) is 3.33. The summed E-state index contributed by atoms with van der Waals surface area (Å²) in [6.07, 6.45) is 0.0623. The predicted octanol–water partition coefficient (Wildman–Crippen LogP) is 2.28. The maximum Gasteiger partial charge on any atom is 0.326 e. The minimum atomic E-state index is -1.18. The summed E-state index contributed by atoms with van der Waals surface area (Å²) in [5.41, 5.74) is 0.401. The number of nitriles is 1. The number of aliphatic carboxylic acids is 1. The minimum absolute atomic E-state index is 0.0187. The number of carbonyl (C=O) groups is 1. The zero-order valence-electron chi connectivity index (χ0n) is 12.3. The second-order valence-corrected chi connectivity index (χ2v) is 5.01. The highest BCUT2D eigenvalue weighted by Gasteiger charge is 2.23. The van der Waals surface area contributed by atoms with Crippen molar-refractivity contribution < 1.29 is 19.9 Å². The van der Waals surface area contributed by atoms with Gasteiger partial charge < -0.3 is 15.5 Å². The number of phenolic OH excluding ortho intramolecular Hbond substituents is 1. The standard InChI is InChI=1S/C16H13N3O5/c17-9-11-3-6-13(15(8-11)19(23)24)18-14(16(21)22)7-10-1-4-12(20)5-2-10/h1-6,8,14,18,20H,7H2,(H,21,22)/t14-/m0/s1. The van der Waals surface area contributed by atoms with Gasteiger partial charge in [0.15, 0.2) is 0 Å². The van der Waals surface area contributed by atoms with Crippen molar-refractivity contribution in [3.05, 3.63) is 63.7 Å². The van der Waals surface area contributed by atoms with Crippen LogP contribution < -0.4 is 5.32 Å². The molecule has 0 aliphatic carbocycles. The number of aromatic hydroxyl groups is 1. The fourth-order valence-corrected chi connectivity index (χ4v) is 2.13. The molecule has 0 fully saturated rings. The number of carboxylic acid groups (broad SMARTS) is 1. The van der Waals surface area contributed by atoms with Gasteiger partial charge in [0.1, 0.15) is 17.5 Å². The molecular formula is C16H13N3O5. The zero-order valence-corrected chi connectivity index (χ0v) is 12.3. The lowest BCUT2D eigenvalue weighted by atomic mass is 10.0. The Balaban J connectivity index is 2.28. The van der Waals surface area contributed by atoms with Crippen molar-refractivity contribution in [1.82, 2.24) is 0 Å². The van der Waals surface area contributed by atoms with E-state index in [9.17, 15) is 25.1 Å². The first-order valence-electron chi connectivity index (χ1n) is 6.86. The van der Waals surface area contributed by atoms with Crippen molar-refractivity contribution in [2.75, 3.05) is 5.32 Å². The smallest absolute Gasteiger partial charge is 0.326 e. The first-order valence-corrected chi connectivity index (χ1v) is 6.86. The van der Waals surface area contributed by atoms with Crippen LogP contribution in [0, 0.1) is 21.4 Å². The van der Waals surface area contributed by atoms with Crippen molar-refractivity contribution in [3.63, 3.8) is 0 Å². The summed E-state index contributed by atoms with van der Waals surface area (Å²) >= 11 is 0. The lowest BCUT2D eigenvalue weighted by molar-refractivity contribution is -0.384. The number of nitrogens with zero attached hydrogens (tertiary/aromatic N) is 2. The SMILES string of the molecule is N#Cc1ccc(N[C@@H](Cc2ccc(O)cc2)C(=O)O)c([N+](=O)[O-])c1. The second kappa shape index (κ2) is 7.11. The normalized spacial score (nSPS) is 11.3. The Bertz CT molecular complexity index is 811. The topological polar surface area (TPSA) is 136 Å². The summed E-state index contributed by atoms with van der Waals surface area (Å²) in [7, 11) is 0. The quantitative estimate of drug-likeness (QED) is 0.546. The number of hydrogen-bond donors (Lipinski definition) is 3. The van der Waals surface area contributed by atoms with Gasteiger partial charge in [0.2, 0.25) is 0 Å². The van der Waals surface area contributed by atoms with Gasteiger partial charge in [-0.05, 0) is 29.8 Å². The molecule has 0 amide bonds. The molecule has 8 nitrogen and oxygen atoms in total. The number of benzene rings is 2. The van der Waals surface area contributed by atoms with Crippen LogP contribution in [0.1, 0.15) is 11.1 Å². The maximum absolute atomic E-state index is 11.4. The lowest BCUT2D eigenvalue weighted by Gasteiger charge is -2.16. The van der Waals surface area contributed by atoms with Crippen molar-refractivity contribution in [2.45, 2.75) is 12.5 Å². The van der Waals surface area contributed by atoms with Crippen LogP contribution in [0.15, 0.2) is 42.5 Å². The van der Waals surface area contributed by atoms with Crippen molar-refractivity contribution >= 4 is 17.3 Å². The Kier molecular flexibility index (Phi) is 4.96. The van der Waals surface area contributed by atoms with Crippen LogP contribution in [0.25, 0.3) is 0 Å². The molecule has 0 saturated carbocycles. The maximum atomic E-state index is 11.4. The summed E-state index contributed by atoms with van der Waals surface area (Å²) in [6, 6.07) is 10.4. The second-order valence-electron chi connectivity index (χ2n) is 5.01. The van der Waals surface area contributed by atoms with E-state index in [0.717, 1.165) is 6.07 Å². The number of phenols is 1. The van der Waals surface area contributed by atoms with E-state index in [-0.39, 0.29) is 29.1 Å². The van der Waals surface area contributed by atoms with E-state index >= 15 is 0 Å². The first kappa shape index (κ1) is 16.8. The van der Waals surface area contributed by atoms with Gasteiger partial charge in [0.05, 0.1) is 16.6 Å². The summed E-state index contributed by atoms with van der Waals surface area (Å²) < 4.78 is 0. The monoisotopic (exact) mass is 327 g/mol. The van der Waals surface area contributed by atoms with E-state index in [0.29, 0.717) is 5.56 Å². The summed E-state index contributed by atoms with van der Waals surface area (Å²) in [4.78, 5) is 21.9. The van der Waals surface area contributed by atoms with Crippen LogP contribution in [0.3, 0.4) is 0 Å². The van der Waals surface area contributed by atoms with E-state index < -0.39 is 16.9 Å². The zero-order chi connectivity index (χ0) is 17.7. The number of hydrogen-bond acceptors (Lipinski definition) is 6. The molecule has 2 aromatic rings. The highest BCUT2D eigenvalue weighted by atomic mass is 16.6. The average Bonchev–Trinajstić information content (AvgIpc) is 2.56. The highest BCUT2D eigenvalue weighted by molar-refractivity contribution is 5.79. The van der Waals surface area contributed by atoms with E-state index in [1.165, 1.54) is 24.3 Å². The van der Waals surface area contributed by atoms with Crippen LogP contribution in [0.2, 0.25) is 0 Å². The fourth-order valence-electron chi connectivity index (χ4n) is 2.13. The molecule has 2 rings (SSSR count). The van der Waals surface area contributed by atoms with Gasteiger partial charge in [-0.1, -0.05) is 12.1 Å². The molecule has 2 aromatic carbocycles. The molecule has 122 valence electrons. The molecule has 8 heteroatoms. The number of nitro benzene ring substituents is 1. The van der Waals surface area contributed by atoms with Gasteiger partial charge in [0.25, 0.3) is 5.69 Å². The van der Waals surface area contributed by atoms with Gasteiger partial charge >= 0.3 is 5.97 Å². The molecule has 1 atom stereocenters. The molecule has 3 N–H and O–H groups in total. The van der Waals surface area contributed by atoms with Crippen LogP contribution in [0.4, 0.5) is 11.4 Å². The third-order valence-electron chi connectivity index (χ3n) is 3.33. The molecule has 0 unspecified atom stereocenters. The highest BCUT2D eigenvalue weighted by Crippen LogP contribution is 2.26. The average molecular weight is 327 g/mol. The van der Waals surface area contributed by atoms with Gasteiger partial charge in [-0.15, -0.1) is 0 Å². The Morgan fingerprint density at radius 2 is 1.96 bits per heavy atom. The Labute approximate surface area is 136 Å². The number of rotatable bonds is 6. The molecule has 24 heavy (non-hydrogen) atoms. The van der Waals surface area contributed by atoms with Crippen molar-refractivity contribution in [3.8, 4) is 11.8 Å². The van der Waals surface area contributed by atoms with Crippen molar-refractivity contribution in [2.24, 2.45) is 0 Å². The van der Waals surface area contributed by atoms with Gasteiger partial charge in [-0.25, -0.2) is 4.79 Å². The molecule has 0 bridgehead atoms. The minimum Gasteiger partial charge on any atom is -0.508 e. The van der Waals surface area contributed by atoms with Crippen molar-refractivity contribution in [1.29, 1.82) is 5.26 Å². The van der Waals surface area contributed by atoms with E-state index in [1.807, 2.05) is 0 Å². The van der Waals surface area contributed by atoms with Crippen LogP contribution in [0.5, 0.6) is 5.75 Å². The van der Waals surface area contributed by atoms with Gasteiger partial charge in [-0.3, -0.25) is 10.1 Å². The Morgan fingerprint density at radius 3 is 2.50 bits per heavy atom. The molecule has 0 spiro atoms. The van der Waals surface area contributed by atoms with Gasteiger partial charge in [-0.2, -0.15) is 5.26 Å². The van der Waals surface area contributed by atoms with E-state index in [4.69, 9.17) is 5.26 Å². The Morgan fingerprint density at radius 1 is 1.29 bits per heavy atom. The lowest BCUT2D eigenvalue weighted by Crippen LogP contribution is -2.31. The number of carboxylic acids is 1. The third kappa shape index (κ3) is 3.98. The largest absolute Gasteiger partial charge is 0.508 e.